The Morgan fingerprint density at radius 2 is 1.94 bits per heavy atom. The molecule has 0 spiro atoms. The minimum Gasteiger partial charge on any atom is -0.373 e. The molecule has 5 heteroatoms. The van der Waals surface area contributed by atoms with Gasteiger partial charge >= 0.3 is 0 Å². The third-order valence-corrected chi connectivity index (χ3v) is 3.93. The number of nitrogens with zero attached hydrogens (tertiary/aromatic N) is 3. The van der Waals surface area contributed by atoms with Crippen LogP contribution in [-0.4, -0.2) is 48.1 Å². The third kappa shape index (κ3) is 2.56. The lowest BCUT2D eigenvalue weighted by molar-refractivity contribution is 0.0738. The molecule has 100 valence electrons. The highest BCUT2D eigenvalue weighted by molar-refractivity contribution is 5.47. The van der Waals surface area contributed by atoms with E-state index in [2.05, 4.69) is 39.6 Å². The molecule has 0 aliphatic heterocycles. The SMILES string of the molecule is CNc1cc(NCC2(N(C)C)CCC2)nc(C)n1. The number of aryl methyl sites for hydroxylation is 1. The summed E-state index contributed by atoms with van der Waals surface area (Å²) in [4.78, 5) is 11.0. The van der Waals surface area contributed by atoms with Gasteiger partial charge in [0.1, 0.15) is 17.5 Å². The maximum absolute atomic E-state index is 4.42. The van der Waals surface area contributed by atoms with Crippen molar-refractivity contribution in [1.82, 2.24) is 14.9 Å². The first kappa shape index (κ1) is 13.1. The molecule has 2 N–H and O–H groups in total. The molecule has 2 rings (SSSR count). The predicted octanol–water partition coefficient (Wildman–Crippen LogP) is 1.72. The van der Waals surface area contributed by atoms with Gasteiger partial charge in [-0.1, -0.05) is 0 Å². The van der Waals surface area contributed by atoms with Crippen LogP contribution in [0.2, 0.25) is 0 Å². The Kier molecular flexibility index (Phi) is 3.71. The van der Waals surface area contributed by atoms with Gasteiger partial charge in [-0.15, -0.1) is 0 Å². The predicted molar refractivity (Wildman–Crippen MR) is 75.1 cm³/mol. The maximum atomic E-state index is 4.42. The van der Waals surface area contributed by atoms with Crippen LogP contribution in [0.25, 0.3) is 0 Å². The van der Waals surface area contributed by atoms with Gasteiger partial charge in [0.15, 0.2) is 0 Å². The van der Waals surface area contributed by atoms with Gasteiger partial charge in [0, 0.05) is 25.2 Å². The molecule has 1 saturated carbocycles. The van der Waals surface area contributed by atoms with E-state index >= 15 is 0 Å². The molecule has 18 heavy (non-hydrogen) atoms. The molecular formula is C13H23N5. The van der Waals surface area contributed by atoms with E-state index < -0.39 is 0 Å². The van der Waals surface area contributed by atoms with Crippen molar-refractivity contribution < 1.29 is 0 Å². The number of hydrogen-bond acceptors (Lipinski definition) is 5. The first-order chi connectivity index (χ1) is 8.55. The molecule has 0 unspecified atom stereocenters. The van der Waals surface area contributed by atoms with Crippen LogP contribution < -0.4 is 10.6 Å². The Morgan fingerprint density at radius 1 is 1.28 bits per heavy atom. The summed E-state index contributed by atoms with van der Waals surface area (Å²) in [5.74, 6) is 2.55. The van der Waals surface area contributed by atoms with E-state index in [1.807, 2.05) is 20.0 Å². The standard InChI is InChI=1S/C13H23N5/c1-10-16-11(14-2)8-12(17-10)15-9-13(18(3)4)6-5-7-13/h8H,5-7,9H2,1-4H3,(H2,14,15,16,17). The molecule has 0 aromatic carbocycles. The van der Waals surface area contributed by atoms with E-state index in [9.17, 15) is 0 Å². The van der Waals surface area contributed by atoms with E-state index in [1.54, 1.807) is 0 Å². The molecule has 0 saturated heterocycles. The molecule has 5 nitrogen and oxygen atoms in total. The first-order valence-electron chi connectivity index (χ1n) is 6.50. The van der Waals surface area contributed by atoms with Crippen molar-refractivity contribution in [3.8, 4) is 0 Å². The van der Waals surface area contributed by atoms with E-state index in [0.717, 1.165) is 24.0 Å². The van der Waals surface area contributed by atoms with Crippen molar-refractivity contribution in [2.24, 2.45) is 0 Å². The lowest BCUT2D eigenvalue weighted by atomic mass is 9.75. The summed E-state index contributed by atoms with van der Waals surface area (Å²) >= 11 is 0. The van der Waals surface area contributed by atoms with Gasteiger partial charge in [0.2, 0.25) is 0 Å². The molecule has 0 atom stereocenters. The summed E-state index contributed by atoms with van der Waals surface area (Å²) in [6, 6.07) is 1.95. The van der Waals surface area contributed by atoms with Gasteiger partial charge in [-0.2, -0.15) is 0 Å². The molecule has 1 aliphatic rings. The van der Waals surface area contributed by atoms with Gasteiger partial charge in [-0.05, 0) is 40.3 Å². The number of nitrogens with one attached hydrogen (secondary N) is 2. The molecule has 1 aromatic rings. The average Bonchev–Trinajstić information content (AvgIpc) is 2.26. The van der Waals surface area contributed by atoms with Gasteiger partial charge < -0.3 is 15.5 Å². The molecule has 1 aliphatic carbocycles. The van der Waals surface area contributed by atoms with Crippen molar-refractivity contribution >= 4 is 11.6 Å². The number of rotatable bonds is 5. The van der Waals surface area contributed by atoms with Crippen LogP contribution in [0.3, 0.4) is 0 Å². The van der Waals surface area contributed by atoms with Crippen molar-refractivity contribution in [2.45, 2.75) is 31.7 Å². The van der Waals surface area contributed by atoms with Crippen LogP contribution in [0.1, 0.15) is 25.1 Å². The van der Waals surface area contributed by atoms with Crippen LogP contribution in [0.4, 0.5) is 11.6 Å². The van der Waals surface area contributed by atoms with Gasteiger partial charge in [-0.3, -0.25) is 0 Å². The number of anilines is 2. The lowest BCUT2D eigenvalue weighted by Crippen LogP contribution is -2.54. The van der Waals surface area contributed by atoms with E-state index in [-0.39, 0.29) is 0 Å². The zero-order valence-electron chi connectivity index (χ0n) is 11.7. The van der Waals surface area contributed by atoms with Gasteiger partial charge in [0.25, 0.3) is 0 Å². The minimum absolute atomic E-state index is 0.304. The zero-order valence-corrected chi connectivity index (χ0v) is 11.7. The topological polar surface area (TPSA) is 53.1 Å². The summed E-state index contributed by atoms with van der Waals surface area (Å²) in [7, 11) is 6.19. The lowest BCUT2D eigenvalue weighted by Gasteiger charge is -2.47. The summed E-state index contributed by atoms with van der Waals surface area (Å²) in [6.07, 6.45) is 3.84. The van der Waals surface area contributed by atoms with Crippen LogP contribution in [0, 0.1) is 6.92 Å². The first-order valence-corrected chi connectivity index (χ1v) is 6.50. The smallest absolute Gasteiger partial charge is 0.131 e. The Bertz CT molecular complexity index is 412. The van der Waals surface area contributed by atoms with Crippen molar-refractivity contribution in [3.63, 3.8) is 0 Å². The molecule has 1 fully saturated rings. The highest BCUT2D eigenvalue weighted by Gasteiger charge is 2.38. The summed E-state index contributed by atoms with van der Waals surface area (Å²) < 4.78 is 0. The zero-order chi connectivity index (χ0) is 13.2. The maximum Gasteiger partial charge on any atom is 0.131 e. The molecule has 0 radical (unpaired) electrons. The molecule has 0 amide bonds. The second-order valence-electron chi connectivity index (χ2n) is 5.26. The molecular weight excluding hydrogens is 226 g/mol. The van der Waals surface area contributed by atoms with Crippen molar-refractivity contribution in [3.05, 3.63) is 11.9 Å². The summed E-state index contributed by atoms with van der Waals surface area (Å²) in [5, 5.41) is 6.51. The number of aromatic nitrogens is 2. The largest absolute Gasteiger partial charge is 0.373 e. The van der Waals surface area contributed by atoms with E-state index in [4.69, 9.17) is 0 Å². The van der Waals surface area contributed by atoms with Crippen molar-refractivity contribution in [2.75, 3.05) is 38.3 Å². The average molecular weight is 249 g/mol. The molecule has 1 heterocycles. The van der Waals surface area contributed by atoms with Gasteiger partial charge in [0.05, 0.1) is 0 Å². The third-order valence-electron chi connectivity index (χ3n) is 3.93. The van der Waals surface area contributed by atoms with Gasteiger partial charge in [-0.25, -0.2) is 9.97 Å². The van der Waals surface area contributed by atoms with E-state index in [0.29, 0.717) is 5.54 Å². The van der Waals surface area contributed by atoms with Crippen LogP contribution in [-0.2, 0) is 0 Å². The Hall–Kier alpha value is -1.36. The van der Waals surface area contributed by atoms with Crippen LogP contribution in [0.15, 0.2) is 6.07 Å². The second kappa shape index (κ2) is 5.10. The molecule has 0 bridgehead atoms. The van der Waals surface area contributed by atoms with Crippen molar-refractivity contribution in [1.29, 1.82) is 0 Å². The number of hydrogen-bond donors (Lipinski definition) is 2. The minimum atomic E-state index is 0.304. The highest BCUT2D eigenvalue weighted by Crippen LogP contribution is 2.36. The fourth-order valence-electron chi connectivity index (χ4n) is 2.41. The highest BCUT2D eigenvalue weighted by atomic mass is 15.2. The normalized spacial score (nSPS) is 17.4. The Balaban J connectivity index is 2.03. The quantitative estimate of drug-likeness (QED) is 0.832. The second-order valence-corrected chi connectivity index (χ2v) is 5.26. The monoisotopic (exact) mass is 249 g/mol. The van der Waals surface area contributed by atoms with Crippen LogP contribution >= 0.6 is 0 Å². The fourth-order valence-corrected chi connectivity index (χ4v) is 2.41. The summed E-state index contributed by atoms with van der Waals surface area (Å²) in [5.41, 5.74) is 0.304. The Labute approximate surface area is 109 Å². The van der Waals surface area contributed by atoms with E-state index in [1.165, 1.54) is 19.3 Å². The Morgan fingerprint density at radius 3 is 2.44 bits per heavy atom. The fraction of sp³-hybridized carbons (Fsp3) is 0.692. The van der Waals surface area contributed by atoms with Crippen LogP contribution in [0.5, 0.6) is 0 Å². The number of likely N-dealkylation sites (N-methyl/N-ethyl adjacent to an activating group) is 1. The molecule has 1 aromatic heterocycles. The summed E-state index contributed by atoms with van der Waals surface area (Å²) in [6.45, 7) is 2.86.